The molecule has 184 valence electrons. The Morgan fingerprint density at radius 1 is 0.600 bits per heavy atom. The number of benzene rings is 2. The van der Waals surface area contributed by atoms with Crippen LogP contribution in [-0.2, 0) is 12.8 Å². The van der Waals surface area contributed by atoms with Gasteiger partial charge in [0, 0.05) is 52.2 Å². The molecule has 0 spiro atoms. The highest BCUT2D eigenvalue weighted by Gasteiger charge is 2.80. The maximum absolute atomic E-state index is 15.7. The molecule has 0 saturated heterocycles. The topological polar surface area (TPSA) is 0 Å². The zero-order chi connectivity index (χ0) is 25.2. The van der Waals surface area contributed by atoms with E-state index in [-0.39, 0.29) is 11.1 Å². The van der Waals surface area contributed by atoms with Crippen molar-refractivity contribution in [2.24, 2.45) is 0 Å². The minimum absolute atomic E-state index is 0.165. The average molecular weight is 525 g/mol. The minimum atomic E-state index is -5.57. The number of hydrogen-bond acceptors (Lipinski definition) is 2. The molecule has 0 saturated carbocycles. The number of rotatable bonds is 6. The summed E-state index contributed by atoms with van der Waals surface area (Å²) in [4.78, 5) is 0.844. The van der Waals surface area contributed by atoms with Gasteiger partial charge in [0.15, 0.2) is 0 Å². The molecule has 1 aliphatic carbocycles. The lowest BCUT2D eigenvalue weighted by molar-refractivity contribution is -0.254. The van der Waals surface area contributed by atoms with E-state index < -0.39 is 28.9 Å². The van der Waals surface area contributed by atoms with Crippen molar-refractivity contribution in [2.45, 2.75) is 57.3 Å². The second kappa shape index (κ2) is 8.37. The lowest BCUT2D eigenvalue weighted by atomic mass is 9.90. The predicted octanol–water partition coefficient (Wildman–Crippen LogP) is 9.85. The summed E-state index contributed by atoms with van der Waals surface area (Å²) in [6.07, 6.45) is 1.77. The Morgan fingerprint density at radius 2 is 0.971 bits per heavy atom. The Balaban J connectivity index is 1.99. The number of halogens is 6. The van der Waals surface area contributed by atoms with Gasteiger partial charge in [-0.2, -0.15) is 26.3 Å². The molecular weight excluding hydrogens is 502 g/mol. The molecule has 0 aliphatic heterocycles. The zero-order valence-electron chi connectivity index (χ0n) is 19.0. The number of allylic oxidation sites excluding steroid dienone is 2. The maximum Gasteiger partial charge on any atom is 0.380 e. The van der Waals surface area contributed by atoms with E-state index in [0.717, 1.165) is 0 Å². The minimum Gasteiger partial charge on any atom is -0.194 e. The van der Waals surface area contributed by atoms with Gasteiger partial charge in [0.2, 0.25) is 0 Å². The maximum atomic E-state index is 15.7. The molecule has 5 rings (SSSR count). The summed E-state index contributed by atoms with van der Waals surface area (Å²) in [5.74, 6) is -15.7. The van der Waals surface area contributed by atoms with Gasteiger partial charge in [0.25, 0.3) is 0 Å². The molecule has 0 nitrogen and oxygen atoms in total. The molecule has 4 aromatic rings. The molecule has 1 aliphatic rings. The van der Waals surface area contributed by atoms with E-state index in [1.807, 2.05) is 13.8 Å². The van der Waals surface area contributed by atoms with Gasteiger partial charge in [0.05, 0.1) is 0 Å². The van der Waals surface area contributed by atoms with E-state index in [2.05, 4.69) is 0 Å². The molecule has 0 N–H and O–H groups in total. The summed E-state index contributed by atoms with van der Waals surface area (Å²) < 4.78 is 94.1. The Kier molecular flexibility index (Phi) is 5.83. The third-order valence-corrected chi connectivity index (χ3v) is 8.92. The average Bonchev–Trinajstić information content (AvgIpc) is 3.37. The highest BCUT2D eigenvalue weighted by molar-refractivity contribution is 7.19. The monoisotopic (exact) mass is 524 g/mol. The van der Waals surface area contributed by atoms with Crippen molar-refractivity contribution in [3.8, 4) is 0 Å². The van der Waals surface area contributed by atoms with Crippen LogP contribution in [0.25, 0.3) is 31.3 Å². The van der Waals surface area contributed by atoms with Gasteiger partial charge in [0.1, 0.15) is 0 Å². The van der Waals surface area contributed by atoms with Crippen LogP contribution in [0, 0.1) is 0 Å². The lowest BCUT2D eigenvalue weighted by Gasteiger charge is -2.26. The van der Waals surface area contributed by atoms with Crippen LogP contribution in [0.1, 0.15) is 47.6 Å². The molecule has 2 aromatic carbocycles. The lowest BCUT2D eigenvalue weighted by Crippen LogP contribution is -2.49. The van der Waals surface area contributed by atoms with Gasteiger partial charge in [-0.05, 0) is 25.0 Å². The largest absolute Gasteiger partial charge is 0.380 e. The number of thiophene rings is 2. The Bertz CT molecular complexity index is 1350. The first-order chi connectivity index (χ1) is 16.6. The molecule has 0 unspecified atom stereocenters. The third kappa shape index (κ3) is 3.32. The van der Waals surface area contributed by atoms with Crippen LogP contribution in [-0.4, -0.2) is 17.8 Å². The smallest absolute Gasteiger partial charge is 0.194 e. The first-order valence-electron chi connectivity index (χ1n) is 11.5. The standard InChI is InChI=1S/C27H22F6S2/c1-3-9-19-21(15-11-5-7-13-17(15)34-19)23-24(26(30,31)27(32,33)25(23,28)29)22-16-12-6-8-14-18(16)35-20(22)10-4-2/h5-8,11-14H,3-4,9-10H2,1-2H3. The summed E-state index contributed by atoms with van der Waals surface area (Å²) in [5, 5.41) is 0.608. The Labute approximate surface area is 206 Å². The molecule has 0 amide bonds. The molecule has 2 aromatic heterocycles. The fourth-order valence-corrected chi connectivity index (χ4v) is 7.56. The second-order valence-electron chi connectivity index (χ2n) is 8.77. The van der Waals surface area contributed by atoms with Gasteiger partial charge in [-0.25, -0.2) is 0 Å². The molecule has 8 heteroatoms. The van der Waals surface area contributed by atoms with E-state index in [0.29, 0.717) is 55.6 Å². The molecule has 0 fully saturated rings. The van der Waals surface area contributed by atoms with Crippen LogP contribution >= 0.6 is 22.7 Å². The summed E-state index contributed by atoms with van der Waals surface area (Å²) in [5.41, 5.74) is -2.78. The van der Waals surface area contributed by atoms with Crippen LogP contribution in [0.15, 0.2) is 48.5 Å². The zero-order valence-corrected chi connectivity index (χ0v) is 20.7. The number of alkyl halides is 6. The molecule has 0 atom stereocenters. The fraction of sp³-hybridized carbons (Fsp3) is 0.333. The van der Waals surface area contributed by atoms with Crippen molar-refractivity contribution in [3.05, 3.63) is 69.4 Å². The Morgan fingerprint density at radius 3 is 1.34 bits per heavy atom. The van der Waals surface area contributed by atoms with E-state index in [1.165, 1.54) is 22.7 Å². The first kappa shape index (κ1) is 24.4. The van der Waals surface area contributed by atoms with Crippen LogP contribution in [0.3, 0.4) is 0 Å². The normalized spacial score (nSPS) is 18.7. The van der Waals surface area contributed by atoms with Crippen LogP contribution in [0.5, 0.6) is 0 Å². The van der Waals surface area contributed by atoms with Crippen LogP contribution < -0.4 is 0 Å². The van der Waals surface area contributed by atoms with E-state index in [4.69, 9.17) is 0 Å². The van der Waals surface area contributed by atoms with E-state index >= 15 is 26.3 Å². The number of hydrogen-bond donors (Lipinski definition) is 0. The van der Waals surface area contributed by atoms with E-state index in [1.54, 1.807) is 48.5 Å². The van der Waals surface area contributed by atoms with Crippen molar-refractivity contribution in [1.29, 1.82) is 0 Å². The molecular formula is C27H22F6S2. The van der Waals surface area contributed by atoms with Gasteiger partial charge >= 0.3 is 17.8 Å². The van der Waals surface area contributed by atoms with Gasteiger partial charge in [-0.15, -0.1) is 22.7 Å². The third-order valence-electron chi connectivity index (χ3n) is 6.46. The predicted molar refractivity (Wildman–Crippen MR) is 133 cm³/mol. The second-order valence-corrected chi connectivity index (χ2v) is 11.0. The molecule has 35 heavy (non-hydrogen) atoms. The first-order valence-corrected chi connectivity index (χ1v) is 13.1. The quantitative estimate of drug-likeness (QED) is 0.220. The summed E-state index contributed by atoms with van der Waals surface area (Å²) in [6, 6.07) is 13.2. The number of aryl methyl sites for hydroxylation is 2. The van der Waals surface area contributed by atoms with Crippen molar-refractivity contribution in [2.75, 3.05) is 0 Å². The van der Waals surface area contributed by atoms with Crippen LogP contribution in [0.4, 0.5) is 26.3 Å². The van der Waals surface area contributed by atoms with Crippen molar-refractivity contribution >= 4 is 54.0 Å². The van der Waals surface area contributed by atoms with Gasteiger partial charge < -0.3 is 0 Å². The van der Waals surface area contributed by atoms with Crippen molar-refractivity contribution < 1.29 is 26.3 Å². The van der Waals surface area contributed by atoms with Crippen LogP contribution in [0.2, 0.25) is 0 Å². The molecule has 2 heterocycles. The Hall–Kier alpha value is -2.32. The molecule has 0 bridgehead atoms. The molecule has 0 radical (unpaired) electrons. The summed E-state index contributed by atoms with van der Waals surface area (Å²) in [7, 11) is 0. The summed E-state index contributed by atoms with van der Waals surface area (Å²) in [6.45, 7) is 3.68. The van der Waals surface area contributed by atoms with Crippen molar-refractivity contribution in [3.63, 3.8) is 0 Å². The fourth-order valence-electron chi connectivity index (χ4n) is 4.94. The number of fused-ring (bicyclic) bond motifs is 2. The van der Waals surface area contributed by atoms with E-state index in [9.17, 15) is 0 Å². The highest BCUT2D eigenvalue weighted by Crippen LogP contribution is 2.67. The SMILES string of the molecule is CCCc1sc2ccccc2c1C1=C(c2c(CCC)sc3ccccc23)C(F)(F)C(F)(F)C1(F)F. The van der Waals surface area contributed by atoms with Gasteiger partial charge in [-0.3, -0.25) is 0 Å². The van der Waals surface area contributed by atoms with Gasteiger partial charge in [-0.1, -0.05) is 63.1 Å². The van der Waals surface area contributed by atoms with Crippen molar-refractivity contribution in [1.82, 2.24) is 0 Å². The summed E-state index contributed by atoms with van der Waals surface area (Å²) >= 11 is 2.40. The highest BCUT2D eigenvalue weighted by atomic mass is 32.1.